The number of ether oxygens (including phenoxy) is 2. The zero-order chi connectivity index (χ0) is 18.5. The molecule has 2 aromatic heterocycles. The molecule has 0 amide bonds. The number of hydrogen-bond donors (Lipinski definition) is 2. The van der Waals surface area contributed by atoms with Gasteiger partial charge in [0.15, 0.2) is 17.3 Å². The van der Waals surface area contributed by atoms with Crippen molar-refractivity contribution in [1.82, 2.24) is 15.2 Å². The second-order valence-corrected chi connectivity index (χ2v) is 7.43. The molecule has 0 saturated carbocycles. The maximum Gasteiger partial charge on any atom is 0.162 e. The van der Waals surface area contributed by atoms with E-state index in [0.29, 0.717) is 0 Å². The van der Waals surface area contributed by atoms with Crippen molar-refractivity contribution in [2.75, 3.05) is 5.32 Å². The SMILES string of the molecule is CC1CC(C)Oc2cc3c(cc2O1)-c1[nH]nc(Nc2cccnc2)c1C3C. The molecule has 0 bridgehead atoms. The molecule has 1 aliphatic heterocycles. The van der Waals surface area contributed by atoms with Crippen LogP contribution < -0.4 is 14.8 Å². The molecule has 3 unspecified atom stereocenters. The third-order valence-corrected chi connectivity index (χ3v) is 5.33. The standard InChI is InChI=1S/C21H22N4O2/c1-11-7-12(2)27-18-9-16-15(8-17(18)26-11)13(3)19-20(16)24-25-21(19)23-14-5-4-6-22-10-14/h4-6,8-13H,7H2,1-3H3,(H2,23,24,25). The smallest absolute Gasteiger partial charge is 0.162 e. The summed E-state index contributed by atoms with van der Waals surface area (Å²) in [4.78, 5) is 4.16. The van der Waals surface area contributed by atoms with Gasteiger partial charge in [-0.1, -0.05) is 6.92 Å². The van der Waals surface area contributed by atoms with Crippen molar-refractivity contribution in [3.8, 4) is 22.8 Å². The Morgan fingerprint density at radius 2 is 1.89 bits per heavy atom. The van der Waals surface area contributed by atoms with Crippen LogP contribution in [0.1, 0.15) is 44.2 Å². The highest BCUT2D eigenvalue weighted by atomic mass is 16.5. The average molecular weight is 362 g/mol. The maximum absolute atomic E-state index is 6.13. The lowest BCUT2D eigenvalue weighted by Crippen LogP contribution is -2.18. The number of fused-ring (bicyclic) bond motifs is 4. The molecule has 3 atom stereocenters. The van der Waals surface area contributed by atoms with Crippen LogP contribution in [0, 0.1) is 0 Å². The summed E-state index contributed by atoms with van der Waals surface area (Å²) in [6.07, 6.45) is 4.69. The Morgan fingerprint density at radius 3 is 2.63 bits per heavy atom. The van der Waals surface area contributed by atoms with Crippen molar-refractivity contribution < 1.29 is 9.47 Å². The van der Waals surface area contributed by atoms with Crippen LogP contribution in [0.2, 0.25) is 0 Å². The van der Waals surface area contributed by atoms with Crippen LogP contribution in [0.4, 0.5) is 11.5 Å². The van der Waals surface area contributed by atoms with Gasteiger partial charge in [0.05, 0.1) is 29.8 Å². The molecule has 0 spiro atoms. The van der Waals surface area contributed by atoms with Crippen molar-refractivity contribution in [2.45, 2.75) is 45.3 Å². The van der Waals surface area contributed by atoms with Crippen molar-refractivity contribution in [3.63, 3.8) is 0 Å². The van der Waals surface area contributed by atoms with E-state index in [9.17, 15) is 0 Å². The summed E-state index contributed by atoms with van der Waals surface area (Å²) in [6, 6.07) is 8.11. The van der Waals surface area contributed by atoms with Gasteiger partial charge in [-0.3, -0.25) is 10.1 Å². The highest BCUT2D eigenvalue weighted by Gasteiger charge is 2.34. The number of aromatic nitrogens is 3. The number of rotatable bonds is 2. The second kappa shape index (κ2) is 6.01. The van der Waals surface area contributed by atoms with Gasteiger partial charge in [0, 0.05) is 29.7 Å². The summed E-state index contributed by atoms with van der Waals surface area (Å²) in [5, 5.41) is 11.1. The molecule has 0 fully saturated rings. The molecular formula is C21H22N4O2. The van der Waals surface area contributed by atoms with Gasteiger partial charge in [0.2, 0.25) is 0 Å². The fraction of sp³-hybridized carbons (Fsp3) is 0.333. The quantitative estimate of drug-likeness (QED) is 0.696. The molecule has 2 aliphatic rings. The minimum atomic E-state index is 0.127. The Morgan fingerprint density at radius 1 is 1.11 bits per heavy atom. The first-order chi connectivity index (χ1) is 13.1. The minimum absolute atomic E-state index is 0.127. The number of pyridine rings is 1. The normalized spacial score (nSPS) is 22.7. The van der Waals surface area contributed by atoms with Crippen LogP contribution in [0.3, 0.4) is 0 Å². The van der Waals surface area contributed by atoms with E-state index < -0.39 is 0 Å². The molecule has 6 heteroatoms. The van der Waals surface area contributed by atoms with Gasteiger partial charge < -0.3 is 14.8 Å². The Balaban J connectivity index is 1.56. The van der Waals surface area contributed by atoms with E-state index >= 15 is 0 Å². The molecule has 3 heterocycles. The Bertz CT molecular complexity index is 999. The van der Waals surface area contributed by atoms with Gasteiger partial charge in [-0.25, -0.2) is 0 Å². The Kier molecular flexibility index (Phi) is 3.60. The summed E-state index contributed by atoms with van der Waals surface area (Å²) < 4.78 is 12.2. The van der Waals surface area contributed by atoms with Crippen molar-refractivity contribution in [2.24, 2.45) is 0 Å². The summed E-state index contributed by atoms with van der Waals surface area (Å²) in [5.74, 6) is 2.68. The van der Waals surface area contributed by atoms with E-state index in [1.54, 1.807) is 12.4 Å². The van der Waals surface area contributed by atoms with Gasteiger partial charge >= 0.3 is 0 Å². The number of benzene rings is 1. The zero-order valence-electron chi connectivity index (χ0n) is 15.6. The number of nitrogens with one attached hydrogen (secondary N) is 2. The molecule has 3 aromatic rings. The molecular weight excluding hydrogens is 340 g/mol. The summed E-state index contributed by atoms with van der Waals surface area (Å²) in [5.41, 5.74) is 5.49. The molecule has 27 heavy (non-hydrogen) atoms. The number of aromatic amines is 1. The van der Waals surface area contributed by atoms with E-state index in [-0.39, 0.29) is 18.1 Å². The summed E-state index contributed by atoms with van der Waals surface area (Å²) >= 11 is 0. The minimum Gasteiger partial charge on any atom is -0.487 e. The Labute approximate surface area is 157 Å². The molecule has 5 rings (SSSR count). The van der Waals surface area contributed by atoms with E-state index in [1.807, 2.05) is 12.1 Å². The van der Waals surface area contributed by atoms with E-state index in [2.05, 4.69) is 53.4 Å². The van der Waals surface area contributed by atoms with Crippen LogP contribution in [0.15, 0.2) is 36.7 Å². The van der Waals surface area contributed by atoms with Gasteiger partial charge in [-0.15, -0.1) is 0 Å². The van der Waals surface area contributed by atoms with E-state index in [4.69, 9.17) is 9.47 Å². The van der Waals surface area contributed by atoms with Crippen LogP contribution in [0.5, 0.6) is 11.5 Å². The van der Waals surface area contributed by atoms with Crippen molar-refractivity contribution in [1.29, 1.82) is 0 Å². The second-order valence-electron chi connectivity index (χ2n) is 7.43. The fourth-order valence-corrected chi connectivity index (χ4v) is 4.13. The molecule has 1 aromatic carbocycles. The van der Waals surface area contributed by atoms with Crippen LogP contribution >= 0.6 is 0 Å². The topological polar surface area (TPSA) is 72.1 Å². The molecule has 0 saturated heterocycles. The maximum atomic E-state index is 6.13. The van der Waals surface area contributed by atoms with Gasteiger partial charge in [0.1, 0.15) is 0 Å². The van der Waals surface area contributed by atoms with Crippen LogP contribution in [-0.2, 0) is 0 Å². The third kappa shape index (κ3) is 2.63. The molecule has 138 valence electrons. The Hall–Kier alpha value is -3.02. The first kappa shape index (κ1) is 16.2. The lowest BCUT2D eigenvalue weighted by molar-refractivity contribution is 0.168. The predicted octanol–water partition coefficient (Wildman–Crippen LogP) is 4.62. The number of hydrogen-bond acceptors (Lipinski definition) is 5. The highest BCUT2D eigenvalue weighted by molar-refractivity contribution is 5.83. The van der Waals surface area contributed by atoms with Crippen LogP contribution in [0.25, 0.3) is 11.3 Å². The molecule has 2 N–H and O–H groups in total. The molecule has 1 aliphatic carbocycles. The fourth-order valence-electron chi connectivity index (χ4n) is 4.13. The average Bonchev–Trinajstić information content (AvgIpc) is 3.11. The monoisotopic (exact) mass is 362 g/mol. The largest absolute Gasteiger partial charge is 0.487 e. The van der Waals surface area contributed by atoms with E-state index in [1.165, 1.54) is 5.56 Å². The third-order valence-electron chi connectivity index (χ3n) is 5.33. The summed E-state index contributed by atoms with van der Waals surface area (Å²) in [6.45, 7) is 6.38. The number of anilines is 2. The lowest BCUT2D eigenvalue weighted by atomic mass is 9.99. The van der Waals surface area contributed by atoms with Crippen LogP contribution in [-0.4, -0.2) is 27.4 Å². The van der Waals surface area contributed by atoms with Gasteiger partial charge in [-0.2, -0.15) is 5.10 Å². The highest BCUT2D eigenvalue weighted by Crippen LogP contribution is 2.51. The lowest BCUT2D eigenvalue weighted by Gasteiger charge is -2.15. The first-order valence-electron chi connectivity index (χ1n) is 9.37. The first-order valence-corrected chi connectivity index (χ1v) is 9.37. The summed E-state index contributed by atoms with van der Waals surface area (Å²) in [7, 11) is 0. The van der Waals surface area contributed by atoms with Gasteiger partial charge in [-0.05, 0) is 43.7 Å². The molecule has 0 radical (unpaired) electrons. The zero-order valence-corrected chi connectivity index (χ0v) is 15.6. The predicted molar refractivity (Wildman–Crippen MR) is 104 cm³/mol. The van der Waals surface area contributed by atoms with E-state index in [0.717, 1.165) is 46.2 Å². The molecule has 6 nitrogen and oxygen atoms in total. The van der Waals surface area contributed by atoms with Gasteiger partial charge in [0.25, 0.3) is 0 Å². The number of H-pyrrole nitrogens is 1. The number of nitrogens with zero attached hydrogens (tertiary/aromatic N) is 2. The van der Waals surface area contributed by atoms with Crippen molar-refractivity contribution in [3.05, 3.63) is 47.8 Å². The van der Waals surface area contributed by atoms with Crippen molar-refractivity contribution >= 4 is 11.5 Å².